The van der Waals surface area contributed by atoms with Crippen molar-refractivity contribution in [3.05, 3.63) is 30.0 Å². The largest absolute Gasteiger partial charge is 0.358 e. The van der Waals surface area contributed by atoms with Gasteiger partial charge in [-0.2, -0.15) is 0 Å². The van der Waals surface area contributed by atoms with Gasteiger partial charge in [-0.3, -0.25) is 4.79 Å². The summed E-state index contributed by atoms with van der Waals surface area (Å²) in [7, 11) is 0. The number of thioether (sulfide) groups is 1. The number of rotatable bonds is 4. The number of carbonyl (C=O) groups is 1. The van der Waals surface area contributed by atoms with Crippen molar-refractivity contribution in [1.29, 1.82) is 0 Å². The molecule has 0 unspecified atom stereocenters. The molecule has 1 atom stereocenters. The first-order valence-corrected chi connectivity index (χ1v) is 9.19. The van der Waals surface area contributed by atoms with Crippen LogP contribution in [-0.4, -0.2) is 34.1 Å². The molecular formula is C18H24N2OS. The van der Waals surface area contributed by atoms with Crippen molar-refractivity contribution >= 4 is 28.6 Å². The number of aromatic nitrogens is 1. The molecule has 0 aliphatic carbocycles. The molecule has 2 heterocycles. The van der Waals surface area contributed by atoms with Crippen molar-refractivity contribution < 1.29 is 4.79 Å². The zero-order chi connectivity index (χ0) is 15.5. The molecule has 1 amide bonds. The molecule has 118 valence electrons. The summed E-state index contributed by atoms with van der Waals surface area (Å²) in [5.74, 6) is 0.834. The Kier molecular flexibility index (Phi) is 4.77. The number of hydrogen-bond donors (Lipinski definition) is 1. The quantitative estimate of drug-likeness (QED) is 0.851. The van der Waals surface area contributed by atoms with Gasteiger partial charge >= 0.3 is 0 Å². The Bertz CT molecular complexity index is 664. The highest BCUT2D eigenvalue weighted by Gasteiger charge is 2.25. The SMILES string of the molecule is CC[C@@H]1CCCCN1C(=O)CSc1c(C)[nH]c2ccccc12. The maximum Gasteiger partial charge on any atom is 0.233 e. The van der Waals surface area contributed by atoms with Crippen LogP contribution in [0, 0.1) is 6.92 Å². The molecule has 1 saturated heterocycles. The average Bonchev–Trinajstić information content (AvgIpc) is 2.87. The summed E-state index contributed by atoms with van der Waals surface area (Å²) >= 11 is 1.68. The molecule has 1 aliphatic heterocycles. The third-order valence-corrected chi connectivity index (χ3v) is 5.80. The van der Waals surface area contributed by atoms with Crippen LogP contribution in [0.4, 0.5) is 0 Å². The third kappa shape index (κ3) is 3.02. The topological polar surface area (TPSA) is 36.1 Å². The second-order valence-electron chi connectivity index (χ2n) is 6.06. The van der Waals surface area contributed by atoms with Crippen LogP contribution in [0.15, 0.2) is 29.2 Å². The van der Waals surface area contributed by atoms with Crippen LogP contribution in [0.1, 0.15) is 38.3 Å². The molecule has 1 aliphatic rings. The van der Waals surface area contributed by atoms with E-state index >= 15 is 0 Å². The normalized spacial score (nSPS) is 18.8. The molecule has 3 rings (SSSR count). The van der Waals surface area contributed by atoms with Gasteiger partial charge in [0.15, 0.2) is 0 Å². The van der Waals surface area contributed by atoms with E-state index < -0.39 is 0 Å². The number of piperidine rings is 1. The number of aromatic amines is 1. The molecule has 1 N–H and O–H groups in total. The fourth-order valence-electron chi connectivity index (χ4n) is 3.41. The number of nitrogens with zero attached hydrogens (tertiary/aromatic N) is 1. The predicted octanol–water partition coefficient (Wildman–Crippen LogP) is 4.36. The Morgan fingerprint density at radius 2 is 2.18 bits per heavy atom. The van der Waals surface area contributed by atoms with Crippen LogP contribution in [0.2, 0.25) is 0 Å². The molecule has 3 nitrogen and oxygen atoms in total. The number of benzene rings is 1. The maximum atomic E-state index is 12.6. The first-order chi connectivity index (χ1) is 10.7. The second kappa shape index (κ2) is 6.78. The minimum atomic E-state index is 0.293. The lowest BCUT2D eigenvalue weighted by Gasteiger charge is -2.35. The lowest BCUT2D eigenvalue weighted by atomic mass is 10.0. The fourth-order valence-corrected chi connectivity index (χ4v) is 4.44. The summed E-state index contributed by atoms with van der Waals surface area (Å²) in [5, 5.41) is 1.23. The Labute approximate surface area is 136 Å². The van der Waals surface area contributed by atoms with Crippen LogP contribution >= 0.6 is 11.8 Å². The van der Waals surface area contributed by atoms with E-state index in [1.54, 1.807) is 11.8 Å². The highest BCUT2D eigenvalue weighted by atomic mass is 32.2. The van der Waals surface area contributed by atoms with Crippen molar-refractivity contribution in [2.45, 2.75) is 50.5 Å². The number of amides is 1. The summed E-state index contributed by atoms with van der Waals surface area (Å²) in [4.78, 5) is 19.3. The van der Waals surface area contributed by atoms with Crippen molar-refractivity contribution in [1.82, 2.24) is 9.88 Å². The maximum absolute atomic E-state index is 12.6. The number of nitrogens with one attached hydrogen (secondary N) is 1. The van der Waals surface area contributed by atoms with E-state index in [0.717, 1.165) is 30.6 Å². The van der Waals surface area contributed by atoms with Gasteiger partial charge in [0.05, 0.1) is 5.75 Å². The summed E-state index contributed by atoms with van der Waals surface area (Å²) in [6.45, 7) is 5.21. The summed E-state index contributed by atoms with van der Waals surface area (Å²) in [5.41, 5.74) is 2.31. The number of hydrogen-bond acceptors (Lipinski definition) is 2. The molecule has 4 heteroatoms. The lowest BCUT2D eigenvalue weighted by Crippen LogP contribution is -2.44. The number of para-hydroxylation sites is 1. The van der Waals surface area contributed by atoms with E-state index in [-0.39, 0.29) is 0 Å². The molecule has 0 saturated carbocycles. The molecule has 0 bridgehead atoms. The highest BCUT2D eigenvalue weighted by Crippen LogP contribution is 2.32. The smallest absolute Gasteiger partial charge is 0.233 e. The van der Waals surface area contributed by atoms with Gasteiger partial charge in [0.1, 0.15) is 0 Å². The molecule has 1 aromatic carbocycles. The molecule has 2 aromatic rings. The van der Waals surface area contributed by atoms with Gasteiger partial charge in [-0.05, 0) is 38.7 Å². The minimum Gasteiger partial charge on any atom is -0.358 e. The number of aryl methyl sites for hydroxylation is 1. The van der Waals surface area contributed by atoms with Gasteiger partial charge in [0.2, 0.25) is 5.91 Å². The highest BCUT2D eigenvalue weighted by molar-refractivity contribution is 8.00. The van der Waals surface area contributed by atoms with Crippen molar-refractivity contribution in [2.75, 3.05) is 12.3 Å². The van der Waals surface area contributed by atoms with E-state index in [0.29, 0.717) is 17.7 Å². The van der Waals surface area contributed by atoms with Gasteiger partial charge in [-0.15, -0.1) is 11.8 Å². The molecule has 1 aromatic heterocycles. The van der Waals surface area contributed by atoms with Crippen molar-refractivity contribution in [2.24, 2.45) is 0 Å². The number of carbonyl (C=O) groups excluding carboxylic acids is 1. The monoisotopic (exact) mass is 316 g/mol. The summed E-state index contributed by atoms with van der Waals surface area (Å²) < 4.78 is 0. The Morgan fingerprint density at radius 1 is 1.36 bits per heavy atom. The first kappa shape index (κ1) is 15.5. The van der Waals surface area contributed by atoms with Crippen LogP contribution in [0.5, 0.6) is 0 Å². The van der Waals surface area contributed by atoms with Crippen LogP contribution in [0.3, 0.4) is 0 Å². The van der Waals surface area contributed by atoms with Gasteiger partial charge in [0.25, 0.3) is 0 Å². The van der Waals surface area contributed by atoms with Crippen molar-refractivity contribution in [3.8, 4) is 0 Å². The number of fused-ring (bicyclic) bond motifs is 1. The van der Waals surface area contributed by atoms with Crippen molar-refractivity contribution in [3.63, 3.8) is 0 Å². The first-order valence-electron chi connectivity index (χ1n) is 8.20. The lowest BCUT2D eigenvalue weighted by molar-refractivity contribution is -0.132. The molecule has 0 radical (unpaired) electrons. The van der Waals surface area contributed by atoms with Gasteiger partial charge < -0.3 is 9.88 Å². The molecular weight excluding hydrogens is 292 g/mol. The van der Waals surface area contributed by atoms with Crippen LogP contribution < -0.4 is 0 Å². The Hall–Kier alpha value is -1.42. The average molecular weight is 316 g/mol. The Morgan fingerprint density at radius 3 is 3.00 bits per heavy atom. The molecule has 1 fully saturated rings. The molecule has 0 spiro atoms. The van der Waals surface area contributed by atoms with Crippen LogP contribution in [-0.2, 0) is 4.79 Å². The van der Waals surface area contributed by atoms with Gasteiger partial charge in [-0.1, -0.05) is 25.1 Å². The minimum absolute atomic E-state index is 0.293. The number of likely N-dealkylation sites (tertiary alicyclic amines) is 1. The fraction of sp³-hybridized carbons (Fsp3) is 0.500. The number of H-pyrrole nitrogens is 1. The Balaban J connectivity index is 1.71. The summed E-state index contributed by atoms with van der Waals surface area (Å²) in [6, 6.07) is 8.76. The predicted molar refractivity (Wildman–Crippen MR) is 93.4 cm³/mol. The van der Waals surface area contributed by atoms with E-state index in [9.17, 15) is 4.79 Å². The zero-order valence-electron chi connectivity index (χ0n) is 13.4. The van der Waals surface area contributed by atoms with Gasteiger partial charge in [0, 0.05) is 34.1 Å². The second-order valence-corrected chi connectivity index (χ2v) is 7.04. The van der Waals surface area contributed by atoms with E-state index in [1.807, 2.05) is 6.07 Å². The van der Waals surface area contributed by atoms with E-state index in [2.05, 4.69) is 41.9 Å². The standard InChI is InChI=1S/C18H24N2OS/c1-3-14-8-6-7-11-20(14)17(21)12-22-18-13(2)19-16-10-5-4-9-15(16)18/h4-5,9-10,14,19H,3,6-8,11-12H2,1-2H3/t14-/m1/s1. The van der Waals surface area contributed by atoms with E-state index in [4.69, 9.17) is 0 Å². The zero-order valence-corrected chi connectivity index (χ0v) is 14.2. The van der Waals surface area contributed by atoms with Gasteiger partial charge in [-0.25, -0.2) is 0 Å². The third-order valence-electron chi connectivity index (χ3n) is 4.59. The summed E-state index contributed by atoms with van der Waals surface area (Å²) in [6.07, 6.45) is 4.65. The molecule has 22 heavy (non-hydrogen) atoms. The van der Waals surface area contributed by atoms with E-state index in [1.165, 1.54) is 23.1 Å². The van der Waals surface area contributed by atoms with Crippen LogP contribution in [0.25, 0.3) is 10.9 Å².